The number of nitrogens with one attached hydrogen (secondary N) is 1. The lowest BCUT2D eigenvalue weighted by Gasteiger charge is -2.07. The van der Waals surface area contributed by atoms with Crippen LogP contribution in [0.25, 0.3) is 23.4 Å². The Kier molecular flexibility index (Phi) is 5.35. The number of aromatic nitrogens is 3. The summed E-state index contributed by atoms with van der Waals surface area (Å²) < 4.78 is 23.3. The highest BCUT2D eigenvalue weighted by molar-refractivity contribution is 5.91. The van der Waals surface area contributed by atoms with Gasteiger partial charge in [0.25, 0.3) is 5.91 Å². The number of hydrogen-bond donors (Lipinski definition) is 2. The second-order valence-corrected chi connectivity index (χ2v) is 6.00. The summed E-state index contributed by atoms with van der Waals surface area (Å²) in [7, 11) is 0. The Morgan fingerprint density at radius 1 is 1.29 bits per heavy atom. The van der Waals surface area contributed by atoms with Gasteiger partial charge < -0.3 is 15.0 Å². The Labute approximate surface area is 159 Å². The van der Waals surface area contributed by atoms with E-state index in [1.165, 1.54) is 25.1 Å². The van der Waals surface area contributed by atoms with E-state index < -0.39 is 18.0 Å². The van der Waals surface area contributed by atoms with Crippen LogP contribution in [0.4, 0.5) is 4.39 Å². The van der Waals surface area contributed by atoms with Crippen molar-refractivity contribution in [2.45, 2.75) is 20.0 Å². The average molecular weight is 384 g/mol. The van der Waals surface area contributed by atoms with Crippen LogP contribution in [0, 0.1) is 12.7 Å². The van der Waals surface area contributed by atoms with Crippen LogP contribution in [0.15, 0.2) is 34.9 Å². The van der Waals surface area contributed by atoms with Crippen molar-refractivity contribution < 1.29 is 23.2 Å². The first-order valence-corrected chi connectivity index (χ1v) is 8.31. The first-order valence-electron chi connectivity index (χ1n) is 8.31. The molecule has 1 amide bonds. The molecule has 0 aliphatic rings. The molecule has 3 aromatic rings. The van der Waals surface area contributed by atoms with Gasteiger partial charge in [-0.05, 0) is 56.3 Å². The van der Waals surface area contributed by atoms with Gasteiger partial charge in [-0.2, -0.15) is 5.10 Å². The largest absolute Gasteiger partial charge is 0.448 e. The number of ether oxygens (including phenoxy) is 1. The number of esters is 1. The molecular weight excluding hydrogens is 367 g/mol. The van der Waals surface area contributed by atoms with Crippen molar-refractivity contribution in [2.24, 2.45) is 5.73 Å². The molecule has 0 saturated carbocycles. The third-order valence-electron chi connectivity index (χ3n) is 3.95. The smallest absolute Gasteiger partial charge is 0.359 e. The Bertz CT molecular complexity index is 1040. The number of amides is 1. The number of carbonyl (C=O) groups excluding carboxylic acids is 2. The van der Waals surface area contributed by atoms with Gasteiger partial charge in [0.1, 0.15) is 17.3 Å². The van der Waals surface area contributed by atoms with Gasteiger partial charge in [0.15, 0.2) is 11.8 Å². The van der Waals surface area contributed by atoms with Gasteiger partial charge in [-0.25, -0.2) is 9.18 Å². The highest BCUT2D eigenvalue weighted by Crippen LogP contribution is 2.27. The molecule has 8 nitrogen and oxygen atoms in total. The number of H-pyrrole nitrogens is 1. The van der Waals surface area contributed by atoms with Crippen LogP contribution in [0.3, 0.4) is 0 Å². The molecule has 0 spiro atoms. The number of hydrogen-bond acceptors (Lipinski definition) is 6. The van der Waals surface area contributed by atoms with Crippen molar-refractivity contribution in [1.29, 1.82) is 0 Å². The van der Waals surface area contributed by atoms with Crippen LogP contribution in [-0.2, 0) is 9.53 Å². The van der Waals surface area contributed by atoms with Crippen LogP contribution in [0.1, 0.15) is 34.4 Å². The van der Waals surface area contributed by atoms with E-state index >= 15 is 0 Å². The second kappa shape index (κ2) is 7.87. The van der Waals surface area contributed by atoms with Crippen molar-refractivity contribution >= 4 is 24.0 Å². The molecule has 1 aromatic carbocycles. The molecule has 0 aliphatic carbocycles. The number of aryl methyl sites for hydroxylation is 1. The van der Waals surface area contributed by atoms with Crippen molar-refractivity contribution in [2.75, 3.05) is 0 Å². The third-order valence-corrected chi connectivity index (χ3v) is 3.95. The van der Waals surface area contributed by atoms with Crippen LogP contribution in [-0.4, -0.2) is 33.3 Å². The monoisotopic (exact) mass is 384 g/mol. The van der Waals surface area contributed by atoms with E-state index in [9.17, 15) is 14.0 Å². The molecule has 9 heteroatoms. The van der Waals surface area contributed by atoms with E-state index in [0.717, 1.165) is 0 Å². The number of primary amides is 1. The predicted molar refractivity (Wildman–Crippen MR) is 98.2 cm³/mol. The Balaban J connectivity index is 1.79. The lowest BCUT2D eigenvalue weighted by Crippen LogP contribution is -2.30. The van der Waals surface area contributed by atoms with Crippen LogP contribution < -0.4 is 5.73 Å². The minimum Gasteiger partial charge on any atom is -0.448 e. The van der Waals surface area contributed by atoms with Crippen molar-refractivity contribution in [1.82, 2.24) is 15.4 Å². The quantitative estimate of drug-likeness (QED) is 0.630. The molecule has 0 aliphatic heterocycles. The zero-order valence-corrected chi connectivity index (χ0v) is 15.1. The second-order valence-electron chi connectivity index (χ2n) is 6.00. The molecule has 0 radical (unpaired) electrons. The molecule has 144 valence electrons. The SMILES string of the molecule is Cc1onc(-c2ccc(F)cc2)c1C=Cc1cc(C(=O)OC(C)C(N)=O)n[nH]1. The van der Waals surface area contributed by atoms with E-state index in [1.807, 2.05) is 0 Å². The Hall–Kier alpha value is -3.75. The number of rotatable bonds is 6. The number of nitrogens with two attached hydrogens (primary N) is 1. The molecule has 0 fully saturated rings. The fourth-order valence-corrected chi connectivity index (χ4v) is 2.37. The first-order chi connectivity index (χ1) is 13.3. The topological polar surface area (TPSA) is 124 Å². The summed E-state index contributed by atoms with van der Waals surface area (Å²) in [4.78, 5) is 22.9. The van der Waals surface area contributed by atoms with Gasteiger partial charge in [0, 0.05) is 11.1 Å². The number of halogens is 1. The van der Waals surface area contributed by atoms with E-state index in [-0.39, 0.29) is 11.5 Å². The number of aromatic amines is 1. The summed E-state index contributed by atoms with van der Waals surface area (Å²) in [5, 5.41) is 10.6. The van der Waals surface area contributed by atoms with Gasteiger partial charge in [0.05, 0.1) is 5.69 Å². The molecule has 2 heterocycles. The molecule has 3 rings (SSSR count). The van der Waals surface area contributed by atoms with E-state index in [2.05, 4.69) is 15.4 Å². The van der Waals surface area contributed by atoms with Crippen molar-refractivity contribution in [3.05, 3.63) is 58.9 Å². The predicted octanol–water partition coefficient (Wildman–Crippen LogP) is 2.71. The van der Waals surface area contributed by atoms with Gasteiger partial charge in [-0.3, -0.25) is 9.89 Å². The molecule has 3 N–H and O–H groups in total. The minimum absolute atomic E-state index is 0.00792. The van der Waals surface area contributed by atoms with E-state index in [0.29, 0.717) is 28.3 Å². The summed E-state index contributed by atoms with van der Waals surface area (Å²) in [5.74, 6) is -1.29. The van der Waals surface area contributed by atoms with Gasteiger partial charge in [-0.1, -0.05) is 5.16 Å². The molecule has 0 saturated heterocycles. The minimum atomic E-state index is -1.05. The summed E-state index contributed by atoms with van der Waals surface area (Å²) in [6, 6.07) is 7.36. The Morgan fingerprint density at radius 2 is 2.00 bits per heavy atom. The van der Waals surface area contributed by atoms with Crippen LogP contribution >= 0.6 is 0 Å². The fourth-order valence-electron chi connectivity index (χ4n) is 2.37. The normalized spacial score (nSPS) is 12.2. The lowest BCUT2D eigenvalue weighted by atomic mass is 10.1. The summed E-state index contributed by atoms with van der Waals surface area (Å²) in [5.41, 5.74) is 7.55. The number of carbonyl (C=O) groups is 2. The van der Waals surface area contributed by atoms with Crippen LogP contribution in [0.2, 0.25) is 0 Å². The Morgan fingerprint density at radius 3 is 2.68 bits per heavy atom. The summed E-state index contributed by atoms with van der Waals surface area (Å²) in [6.45, 7) is 3.13. The zero-order chi connectivity index (χ0) is 20.3. The number of nitrogens with zero attached hydrogens (tertiary/aromatic N) is 2. The summed E-state index contributed by atoms with van der Waals surface area (Å²) >= 11 is 0. The molecule has 1 atom stereocenters. The summed E-state index contributed by atoms with van der Waals surface area (Å²) in [6.07, 6.45) is 2.36. The van der Waals surface area contributed by atoms with Gasteiger partial charge in [-0.15, -0.1) is 0 Å². The first kappa shape index (κ1) is 19.0. The molecule has 1 unspecified atom stereocenters. The maximum Gasteiger partial charge on any atom is 0.359 e. The fraction of sp³-hybridized carbons (Fsp3) is 0.158. The van der Waals surface area contributed by atoms with E-state index in [4.69, 9.17) is 15.0 Å². The zero-order valence-electron chi connectivity index (χ0n) is 15.1. The highest BCUT2D eigenvalue weighted by atomic mass is 19.1. The molecular formula is C19H17FN4O4. The van der Waals surface area contributed by atoms with Crippen LogP contribution in [0.5, 0.6) is 0 Å². The van der Waals surface area contributed by atoms with Crippen molar-refractivity contribution in [3.8, 4) is 11.3 Å². The van der Waals surface area contributed by atoms with Crippen molar-refractivity contribution in [3.63, 3.8) is 0 Å². The maximum atomic E-state index is 13.1. The van der Waals surface area contributed by atoms with E-state index in [1.54, 1.807) is 31.2 Å². The number of benzene rings is 1. The van der Waals surface area contributed by atoms with Gasteiger partial charge in [0.2, 0.25) is 0 Å². The third kappa shape index (κ3) is 4.14. The highest BCUT2D eigenvalue weighted by Gasteiger charge is 2.18. The lowest BCUT2D eigenvalue weighted by molar-refractivity contribution is -0.125. The molecule has 28 heavy (non-hydrogen) atoms. The maximum absolute atomic E-state index is 13.1. The molecule has 0 bridgehead atoms. The van der Waals surface area contributed by atoms with Gasteiger partial charge >= 0.3 is 5.97 Å². The molecule has 2 aromatic heterocycles. The average Bonchev–Trinajstić information content (AvgIpc) is 3.27. The standard InChI is InChI=1S/C19H17FN4O4/c1-10-15(17(24-28-10)12-3-5-13(20)6-4-12)8-7-14-9-16(23-22-14)19(26)27-11(2)18(21)25/h3-9,11H,1-2H3,(H2,21,25)(H,22,23).